The second-order valence-corrected chi connectivity index (χ2v) is 7.11. The fraction of sp³-hybridized carbons (Fsp3) is 0.611. The Labute approximate surface area is 146 Å². The number of carbonyl (C=O) groups is 1. The van der Waals surface area contributed by atoms with E-state index in [0.29, 0.717) is 24.8 Å². The van der Waals surface area contributed by atoms with E-state index >= 15 is 0 Å². The maximum absolute atomic E-state index is 12.4. The molecule has 0 aromatic carbocycles. The molecule has 2 heterocycles. The molecular weight excluding hydrogens is 326 g/mol. The second-order valence-electron chi connectivity index (χ2n) is 6.33. The first kappa shape index (κ1) is 17.5. The predicted molar refractivity (Wildman–Crippen MR) is 92.6 cm³/mol. The molecule has 2 aliphatic rings. The van der Waals surface area contributed by atoms with Gasteiger partial charge in [0.1, 0.15) is 0 Å². The van der Waals surface area contributed by atoms with Crippen LogP contribution in [0.2, 0.25) is 0 Å². The van der Waals surface area contributed by atoms with Gasteiger partial charge < -0.3 is 19.9 Å². The number of ether oxygens (including phenoxy) is 2. The molecule has 0 spiro atoms. The molecule has 24 heavy (non-hydrogen) atoms. The van der Waals surface area contributed by atoms with Crippen molar-refractivity contribution in [3.8, 4) is 0 Å². The lowest BCUT2D eigenvalue weighted by Gasteiger charge is -2.36. The quantitative estimate of drug-likeness (QED) is 0.756. The highest BCUT2D eigenvalue weighted by molar-refractivity contribution is 7.08. The van der Waals surface area contributed by atoms with Crippen LogP contribution in [-0.2, 0) is 14.3 Å². The summed E-state index contributed by atoms with van der Waals surface area (Å²) in [6.07, 6.45) is 5.03. The molecule has 6 heteroatoms. The number of aliphatic hydroxyl groups excluding tert-OH is 1. The molecule has 2 N–H and O–H groups in total. The van der Waals surface area contributed by atoms with Crippen LogP contribution in [-0.4, -0.2) is 36.6 Å². The van der Waals surface area contributed by atoms with Crippen molar-refractivity contribution in [2.45, 2.75) is 50.9 Å². The molecule has 0 saturated heterocycles. The summed E-state index contributed by atoms with van der Waals surface area (Å²) in [6.45, 7) is 2.59. The van der Waals surface area contributed by atoms with Gasteiger partial charge in [0.05, 0.1) is 0 Å². The summed E-state index contributed by atoms with van der Waals surface area (Å²) in [5.74, 6) is 0.358. The van der Waals surface area contributed by atoms with Gasteiger partial charge in [0, 0.05) is 31.1 Å². The number of hydrogen-bond donors (Lipinski definition) is 2. The van der Waals surface area contributed by atoms with Crippen LogP contribution in [0, 0.1) is 5.92 Å². The maximum Gasteiger partial charge on any atom is 0.286 e. The van der Waals surface area contributed by atoms with Crippen LogP contribution in [0.5, 0.6) is 0 Å². The third-order valence-electron chi connectivity index (χ3n) is 4.48. The van der Waals surface area contributed by atoms with Crippen molar-refractivity contribution in [1.29, 1.82) is 0 Å². The Morgan fingerprint density at radius 1 is 1.50 bits per heavy atom. The van der Waals surface area contributed by atoms with Gasteiger partial charge in [-0.15, -0.1) is 0 Å². The first-order valence-corrected chi connectivity index (χ1v) is 9.61. The molecule has 1 aliphatic heterocycles. The van der Waals surface area contributed by atoms with Crippen LogP contribution < -0.4 is 5.32 Å². The Bertz CT molecular complexity index is 568. The lowest BCUT2D eigenvalue weighted by molar-refractivity contribution is -0.166. The average molecular weight is 351 g/mol. The van der Waals surface area contributed by atoms with Crippen LogP contribution >= 0.6 is 11.3 Å². The molecule has 1 aromatic rings. The van der Waals surface area contributed by atoms with Crippen LogP contribution in [0.1, 0.15) is 44.1 Å². The van der Waals surface area contributed by atoms with E-state index in [4.69, 9.17) is 9.47 Å². The lowest BCUT2D eigenvalue weighted by Crippen LogP contribution is -2.39. The number of aliphatic hydroxyl groups is 1. The van der Waals surface area contributed by atoms with E-state index < -0.39 is 6.29 Å². The third kappa shape index (κ3) is 4.18. The van der Waals surface area contributed by atoms with E-state index in [1.165, 1.54) is 5.56 Å². The zero-order valence-electron chi connectivity index (χ0n) is 13.9. The minimum Gasteiger partial charge on any atom is -0.459 e. The number of carbonyl (C=O) groups excluding carboxylic acids is 1. The molecule has 1 fully saturated rings. The van der Waals surface area contributed by atoms with E-state index in [0.717, 1.165) is 19.3 Å². The minimum absolute atomic E-state index is 0.0630. The van der Waals surface area contributed by atoms with Gasteiger partial charge in [0.15, 0.2) is 5.76 Å². The van der Waals surface area contributed by atoms with E-state index in [2.05, 4.69) is 16.8 Å². The average Bonchev–Trinajstić information content (AvgIpc) is 3.23. The fourth-order valence-corrected chi connectivity index (χ4v) is 3.80. The highest BCUT2D eigenvalue weighted by atomic mass is 32.1. The fourth-order valence-electron chi connectivity index (χ4n) is 3.09. The number of allylic oxidation sites excluding steroid dienone is 1. The van der Waals surface area contributed by atoms with Gasteiger partial charge in [-0.3, -0.25) is 4.79 Å². The van der Waals surface area contributed by atoms with Crippen molar-refractivity contribution in [2.75, 3.05) is 13.2 Å². The number of amides is 1. The molecule has 1 amide bonds. The molecular formula is C18H25NO4S. The standard InChI is InChI=1S/C18H25NO4S/c1-2-22-18-14(4-3-8-20)15(12-7-9-24-11-12)10-16(23-18)17(21)19-13-5-6-13/h7,9-11,13-15,18,20H,2-6,8H2,1H3,(H,19,21)/t14-,15-,18-/m1/s1. The Kier molecular flexibility index (Phi) is 5.92. The van der Waals surface area contributed by atoms with Crippen molar-refractivity contribution in [3.05, 3.63) is 34.2 Å². The van der Waals surface area contributed by atoms with Crippen LogP contribution in [0.25, 0.3) is 0 Å². The maximum atomic E-state index is 12.4. The third-order valence-corrected chi connectivity index (χ3v) is 5.18. The summed E-state index contributed by atoms with van der Waals surface area (Å²) >= 11 is 1.64. The Morgan fingerprint density at radius 3 is 2.96 bits per heavy atom. The SMILES string of the molecule is CCO[C@@H]1OC(C(=O)NC2CC2)=C[C@H](c2ccsc2)[C@H]1CCCO. The molecule has 3 atom stereocenters. The first-order chi connectivity index (χ1) is 11.7. The van der Waals surface area contributed by atoms with Crippen LogP contribution in [0.3, 0.4) is 0 Å². The normalized spacial score (nSPS) is 26.6. The van der Waals surface area contributed by atoms with Crippen molar-refractivity contribution in [3.63, 3.8) is 0 Å². The van der Waals surface area contributed by atoms with Gasteiger partial charge in [-0.05, 0) is 61.1 Å². The summed E-state index contributed by atoms with van der Waals surface area (Å²) in [5, 5.41) is 16.4. The largest absolute Gasteiger partial charge is 0.459 e. The monoisotopic (exact) mass is 351 g/mol. The predicted octanol–water partition coefficient (Wildman–Crippen LogP) is 2.78. The van der Waals surface area contributed by atoms with Crippen LogP contribution in [0.4, 0.5) is 0 Å². The zero-order valence-corrected chi connectivity index (χ0v) is 14.8. The van der Waals surface area contributed by atoms with Gasteiger partial charge in [0.25, 0.3) is 5.91 Å². The lowest BCUT2D eigenvalue weighted by atomic mass is 9.81. The highest BCUT2D eigenvalue weighted by Crippen LogP contribution is 2.40. The number of hydrogen-bond acceptors (Lipinski definition) is 5. The number of thiophene rings is 1. The smallest absolute Gasteiger partial charge is 0.286 e. The number of nitrogens with one attached hydrogen (secondary N) is 1. The van der Waals surface area contributed by atoms with Gasteiger partial charge >= 0.3 is 0 Å². The first-order valence-electron chi connectivity index (χ1n) is 8.66. The Morgan fingerprint density at radius 2 is 2.33 bits per heavy atom. The summed E-state index contributed by atoms with van der Waals surface area (Å²) in [4.78, 5) is 12.4. The molecule has 0 radical (unpaired) electrons. The number of rotatable bonds is 8. The molecule has 1 aromatic heterocycles. The van der Waals surface area contributed by atoms with Gasteiger partial charge in [-0.2, -0.15) is 11.3 Å². The summed E-state index contributed by atoms with van der Waals surface area (Å²) in [5.41, 5.74) is 1.17. The molecule has 3 rings (SSSR count). The van der Waals surface area contributed by atoms with Gasteiger partial charge in [-0.1, -0.05) is 0 Å². The van der Waals surface area contributed by atoms with Crippen LogP contribution in [0.15, 0.2) is 28.7 Å². The van der Waals surface area contributed by atoms with Crippen molar-refractivity contribution in [1.82, 2.24) is 5.32 Å². The van der Waals surface area contributed by atoms with Crippen molar-refractivity contribution >= 4 is 17.2 Å². The van der Waals surface area contributed by atoms with Gasteiger partial charge in [-0.25, -0.2) is 0 Å². The van der Waals surface area contributed by atoms with Crippen molar-refractivity contribution < 1.29 is 19.4 Å². The second kappa shape index (κ2) is 8.14. The molecule has 132 valence electrons. The molecule has 5 nitrogen and oxygen atoms in total. The van der Waals surface area contributed by atoms with Crippen molar-refractivity contribution in [2.24, 2.45) is 5.92 Å². The van der Waals surface area contributed by atoms with E-state index in [9.17, 15) is 9.90 Å². The zero-order chi connectivity index (χ0) is 16.9. The summed E-state index contributed by atoms with van der Waals surface area (Å²) < 4.78 is 11.7. The Balaban J connectivity index is 1.85. The highest BCUT2D eigenvalue weighted by Gasteiger charge is 2.38. The minimum atomic E-state index is -0.462. The Hall–Kier alpha value is -1.37. The van der Waals surface area contributed by atoms with Gasteiger partial charge in [0.2, 0.25) is 6.29 Å². The van der Waals surface area contributed by atoms with E-state index in [1.54, 1.807) is 11.3 Å². The molecule has 0 bridgehead atoms. The molecule has 0 unspecified atom stereocenters. The molecule has 1 aliphatic carbocycles. The van der Waals surface area contributed by atoms with E-state index in [-0.39, 0.29) is 24.3 Å². The summed E-state index contributed by atoms with van der Waals surface area (Å²) in [7, 11) is 0. The summed E-state index contributed by atoms with van der Waals surface area (Å²) in [6, 6.07) is 2.38. The molecule has 1 saturated carbocycles. The van der Waals surface area contributed by atoms with E-state index in [1.807, 2.05) is 18.4 Å². The topological polar surface area (TPSA) is 67.8 Å².